The lowest BCUT2D eigenvalue weighted by Crippen LogP contribution is -2.16. The minimum atomic E-state index is -0.472. The summed E-state index contributed by atoms with van der Waals surface area (Å²) in [6.07, 6.45) is 0. The van der Waals surface area contributed by atoms with E-state index in [0.717, 1.165) is 0 Å². The Morgan fingerprint density at radius 3 is 2.73 bits per heavy atom. The topological polar surface area (TPSA) is 72.0 Å². The van der Waals surface area contributed by atoms with E-state index >= 15 is 0 Å². The van der Waals surface area contributed by atoms with Crippen LogP contribution in [-0.4, -0.2) is 21.9 Å². The smallest absolute Gasteiger partial charge is 0.151 e. The Kier molecular flexibility index (Phi) is 2.76. The van der Waals surface area contributed by atoms with E-state index in [1.807, 2.05) is 0 Å². The molecule has 4 nitrogen and oxygen atoms in total. The summed E-state index contributed by atoms with van der Waals surface area (Å²) in [5, 5.41) is 16.2. The Bertz CT molecular complexity index is 226. The van der Waals surface area contributed by atoms with Gasteiger partial charge in [0, 0.05) is 0 Å². The Morgan fingerprint density at radius 2 is 2.27 bits per heavy atom. The van der Waals surface area contributed by atoms with Crippen LogP contribution in [0.5, 0.6) is 0 Å². The Balaban J connectivity index is 2.81. The summed E-state index contributed by atoms with van der Waals surface area (Å²) in [6, 6.07) is 2.75. The third-order valence-corrected chi connectivity index (χ3v) is 1.43. The number of hydrogen-bond donors (Lipinski definition) is 2. The van der Waals surface area contributed by atoms with Crippen molar-refractivity contribution >= 4 is 11.6 Å². The molecule has 11 heavy (non-hydrogen) atoms. The maximum absolute atomic E-state index is 8.63. The van der Waals surface area contributed by atoms with Gasteiger partial charge in [0.05, 0.1) is 18.3 Å². The molecule has 0 fully saturated rings. The summed E-state index contributed by atoms with van der Waals surface area (Å²) in [5.41, 5.74) is 5.99. The fraction of sp³-hybridized carbons (Fsp3) is 0.333. The highest BCUT2D eigenvalue weighted by molar-refractivity contribution is 6.29. The van der Waals surface area contributed by atoms with Crippen molar-refractivity contribution in [1.29, 1.82) is 0 Å². The summed E-state index contributed by atoms with van der Waals surface area (Å²) in [6.45, 7) is -0.143. The van der Waals surface area contributed by atoms with E-state index in [4.69, 9.17) is 22.4 Å². The number of aliphatic hydroxyl groups excluding tert-OH is 1. The van der Waals surface area contributed by atoms with Crippen LogP contribution in [0, 0.1) is 0 Å². The van der Waals surface area contributed by atoms with Crippen LogP contribution in [0.1, 0.15) is 11.7 Å². The first-order chi connectivity index (χ1) is 5.24. The number of halogens is 1. The molecule has 0 aliphatic heterocycles. The fourth-order valence-electron chi connectivity index (χ4n) is 0.618. The number of rotatable bonds is 2. The van der Waals surface area contributed by atoms with Gasteiger partial charge in [-0.3, -0.25) is 0 Å². The van der Waals surface area contributed by atoms with Gasteiger partial charge in [-0.15, -0.1) is 5.10 Å². The van der Waals surface area contributed by atoms with E-state index in [1.54, 1.807) is 12.1 Å². The maximum Gasteiger partial charge on any atom is 0.151 e. The summed E-state index contributed by atoms with van der Waals surface area (Å²) in [7, 11) is 0. The van der Waals surface area contributed by atoms with Gasteiger partial charge in [-0.05, 0) is 12.1 Å². The molecule has 1 atom stereocenters. The van der Waals surface area contributed by atoms with Gasteiger partial charge < -0.3 is 10.8 Å². The van der Waals surface area contributed by atoms with Crippen molar-refractivity contribution in [3.05, 3.63) is 23.0 Å². The second-order valence-corrected chi connectivity index (χ2v) is 2.46. The standard InChI is InChI=1S/C6H8ClN3O/c7-6-2-1-5(9-10-6)4(8)3-11/h1-2,4,11H,3,8H2. The molecule has 1 aromatic rings. The van der Waals surface area contributed by atoms with Crippen molar-refractivity contribution in [2.75, 3.05) is 6.61 Å². The predicted molar refractivity (Wildman–Crippen MR) is 41.1 cm³/mol. The number of hydrogen-bond acceptors (Lipinski definition) is 4. The SMILES string of the molecule is NC(CO)c1ccc(Cl)nn1. The van der Waals surface area contributed by atoms with Crippen molar-refractivity contribution in [2.24, 2.45) is 5.73 Å². The molecule has 0 bridgehead atoms. The van der Waals surface area contributed by atoms with E-state index in [0.29, 0.717) is 10.8 Å². The van der Waals surface area contributed by atoms with Gasteiger partial charge in [0.2, 0.25) is 0 Å². The first kappa shape index (κ1) is 8.39. The fourth-order valence-corrected chi connectivity index (χ4v) is 0.718. The molecular formula is C6H8ClN3O. The lowest BCUT2D eigenvalue weighted by atomic mass is 10.2. The largest absolute Gasteiger partial charge is 0.394 e. The summed E-state index contributed by atoms with van der Waals surface area (Å²) in [5.74, 6) is 0. The lowest BCUT2D eigenvalue weighted by Gasteiger charge is -2.04. The Labute approximate surface area is 69.0 Å². The average molecular weight is 174 g/mol. The second kappa shape index (κ2) is 3.61. The Hall–Kier alpha value is -0.710. The molecule has 0 saturated heterocycles. The summed E-state index contributed by atoms with van der Waals surface area (Å²) in [4.78, 5) is 0. The zero-order chi connectivity index (χ0) is 8.27. The highest BCUT2D eigenvalue weighted by atomic mass is 35.5. The van der Waals surface area contributed by atoms with Crippen LogP contribution in [0.25, 0.3) is 0 Å². The predicted octanol–water partition coefficient (Wildman–Crippen LogP) is 0.122. The van der Waals surface area contributed by atoms with Crippen LogP contribution in [-0.2, 0) is 0 Å². The van der Waals surface area contributed by atoms with Gasteiger partial charge in [0.25, 0.3) is 0 Å². The third kappa shape index (κ3) is 2.11. The van der Waals surface area contributed by atoms with Crippen molar-refractivity contribution in [3.8, 4) is 0 Å². The molecule has 0 amide bonds. The van der Waals surface area contributed by atoms with Gasteiger partial charge in [-0.1, -0.05) is 11.6 Å². The summed E-state index contributed by atoms with van der Waals surface area (Å²) < 4.78 is 0. The molecule has 1 unspecified atom stereocenters. The van der Waals surface area contributed by atoms with Crippen molar-refractivity contribution in [3.63, 3.8) is 0 Å². The average Bonchev–Trinajstić information content (AvgIpc) is 2.05. The van der Waals surface area contributed by atoms with Gasteiger partial charge >= 0.3 is 0 Å². The zero-order valence-electron chi connectivity index (χ0n) is 5.74. The van der Waals surface area contributed by atoms with Crippen LogP contribution in [0.2, 0.25) is 5.15 Å². The number of nitrogens with zero attached hydrogens (tertiary/aromatic N) is 2. The zero-order valence-corrected chi connectivity index (χ0v) is 6.49. The molecule has 60 valence electrons. The van der Waals surface area contributed by atoms with Gasteiger partial charge in [-0.25, -0.2) is 0 Å². The minimum Gasteiger partial charge on any atom is -0.394 e. The van der Waals surface area contributed by atoms with E-state index < -0.39 is 6.04 Å². The highest BCUT2D eigenvalue weighted by Gasteiger charge is 2.05. The van der Waals surface area contributed by atoms with Crippen LogP contribution in [0.3, 0.4) is 0 Å². The molecule has 3 N–H and O–H groups in total. The molecule has 0 aliphatic rings. The summed E-state index contributed by atoms with van der Waals surface area (Å²) >= 11 is 5.48. The van der Waals surface area contributed by atoms with Crippen molar-refractivity contribution in [2.45, 2.75) is 6.04 Å². The third-order valence-electron chi connectivity index (χ3n) is 1.23. The van der Waals surface area contributed by atoms with Crippen LogP contribution in [0.15, 0.2) is 12.1 Å². The maximum atomic E-state index is 8.63. The van der Waals surface area contributed by atoms with Crippen LogP contribution < -0.4 is 5.73 Å². The minimum absolute atomic E-state index is 0.143. The number of nitrogens with two attached hydrogens (primary N) is 1. The van der Waals surface area contributed by atoms with Crippen LogP contribution in [0.4, 0.5) is 0 Å². The van der Waals surface area contributed by atoms with Crippen molar-refractivity contribution in [1.82, 2.24) is 10.2 Å². The second-order valence-electron chi connectivity index (χ2n) is 2.07. The first-order valence-electron chi connectivity index (χ1n) is 3.09. The van der Waals surface area contributed by atoms with Crippen molar-refractivity contribution < 1.29 is 5.11 Å². The highest BCUT2D eigenvalue weighted by Crippen LogP contribution is 2.07. The molecule has 0 saturated carbocycles. The monoisotopic (exact) mass is 173 g/mol. The van der Waals surface area contributed by atoms with E-state index in [-0.39, 0.29) is 6.61 Å². The normalized spacial score (nSPS) is 13.0. The molecule has 0 aliphatic carbocycles. The van der Waals surface area contributed by atoms with E-state index in [9.17, 15) is 0 Å². The molecular weight excluding hydrogens is 166 g/mol. The van der Waals surface area contributed by atoms with Gasteiger partial charge in [-0.2, -0.15) is 5.10 Å². The molecule has 5 heteroatoms. The number of aromatic nitrogens is 2. The molecule has 1 aromatic heterocycles. The first-order valence-corrected chi connectivity index (χ1v) is 3.47. The quantitative estimate of drug-likeness (QED) is 0.667. The lowest BCUT2D eigenvalue weighted by molar-refractivity contribution is 0.265. The Morgan fingerprint density at radius 1 is 1.55 bits per heavy atom. The van der Waals surface area contributed by atoms with Crippen LogP contribution >= 0.6 is 11.6 Å². The van der Waals surface area contributed by atoms with E-state index in [1.165, 1.54) is 0 Å². The number of aliphatic hydroxyl groups is 1. The molecule has 0 spiro atoms. The van der Waals surface area contributed by atoms with E-state index in [2.05, 4.69) is 10.2 Å². The molecule has 0 aromatic carbocycles. The molecule has 0 radical (unpaired) electrons. The van der Waals surface area contributed by atoms with Gasteiger partial charge in [0.15, 0.2) is 5.15 Å². The molecule has 1 heterocycles. The molecule has 1 rings (SSSR count). The van der Waals surface area contributed by atoms with Gasteiger partial charge in [0.1, 0.15) is 0 Å².